The Morgan fingerprint density at radius 1 is 1.31 bits per heavy atom. The zero-order chi connectivity index (χ0) is 11.9. The maximum absolute atomic E-state index is 11.0. The first kappa shape index (κ1) is 11.0. The van der Waals surface area contributed by atoms with Crippen LogP contribution in [0.1, 0.15) is 54.4 Å². The molecule has 0 saturated heterocycles. The Labute approximate surface area is 94.7 Å². The second-order valence-corrected chi connectivity index (χ2v) is 4.50. The summed E-state index contributed by atoms with van der Waals surface area (Å²) in [6, 6.07) is 0. The molecule has 1 aliphatic carbocycles. The number of aromatic nitrogens is 2. The highest BCUT2D eigenvalue weighted by Gasteiger charge is 2.29. The fraction of sp³-hybridized carbons (Fsp3) is 0.583. The molecule has 1 saturated carbocycles. The summed E-state index contributed by atoms with van der Waals surface area (Å²) in [5, 5.41) is 9.02. The Hall–Kier alpha value is -1.45. The van der Waals surface area contributed by atoms with E-state index in [0.717, 1.165) is 35.6 Å². The highest BCUT2D eigenvalue weighted by Crippen LogP contribution is 2.38. The van der Waals surface area contributed by atoms with Crippen LogP contribution in [0.25, 0.3) is 0 Å². The van der Waals surface area contributed by atoms with Crippen LogP contribution in [0, 0.1) is 13.8 Å². The van der Waals surface area contributed by atoms with Gasteiger partial charge in [0.25, 0.3) is 0 Å². The highest BCUT2D eigenvalue weighted by atomic mass is 16.4. The van der Waals surface area contributed by atoms with Crippen LogP contribution in [0.3, 0.4) is 0 Å². The van der Waals surface area contributed by atoms with Crippen molar-refractivity contribution < 1.29 is 9.90 Å². The smallest absolute Gasteiger partial charge is 0.310 e. The zero-order valence-electron chi connectivity index (χ0n) is 9.82. The number of carboxylic acids is 1. The highest BCUT2D eigenvalue weighted by molar-refractivity contribution is 5.76. The minimum Gasteiger partial charge on any atom is -0.481 e. The van der Waals surface area contributed by atoms with E-state index in [0.29, 0.717) is 5.92 Å². The minimum absolute atomic E-state index is 0.506. The predicted octanol–water partition coefficient (Wildman–Crippen LogP) is 2.16. The Morgan fingerprint density at radius 2 is 1.81 bits per heavy atom. The van der Waals surface area contributed by atoms with E-state index in [1.54, 1.807) is 6.92 Å². The van der Waals surface area contributed by atoms with Gasteiger partial charge in [-0.1, -0.05) is 0 Å². The molecule has 16 heavy (non-hydrogen) atoms. The zero-order valence-corrected chi connectivity index (χ0v) is 9.82. The molecule has 4 heteroatoms. The van der Waals surface area contributed by atoms with Crippen molar-refractivity contribution in [3.63, 3.8) is 0 Å². The van der Waals surface area contributed by atoms with E-state index in [1.165, 1.54) is 0 Å². The maximum atomic E-state index is 11.0. The third-order valence-corrected chi connectivity index (χ3v) is 3.09. The van der Waals surface area contributed by atoms with Crippen molar-refractivity contribution in [1.82, 2.24) is 9.97 Å². The van der Waals surface area contributed by atoms with Gasteiger partial charge in [0.2, 0.25) is 0 Å². The van der Waals surface area contributed by atoms with Crippen LogP contribution in [0.5, 0.6) is 0 Å². The number of carboxylic acid groups (broad SMARTS) is 1. The molecule has 0 radical (unpaired) electrons. The van der Waals surface area contributed by atoms with E-state index in [9.17, 15) is 4.79 Å². The van der Waals surface area contributed by atoms with Crippen LogP contribution < -0.4 is 0 Å². The monoisotopic (exact) mass is 220 g/mol. The number of rotatable bonds is 3. The van der Waals surface area contributed by atoms with Gasteiger partial charge in [0.15, 0.2) is 0 Å². The molecule has 2 rings (SSSR count). The van der Waals surface area contributed by atoms with Gasteiger partial charge in [0, 0.05) is 22.9 Å². The summed E-state index contributed by atoms with van der Waals surface area (Å²) >= 11 is 0. The van der Waals surface area contributed by atoms with Gasteiger partial charge >= 0.3 is 5.97 Å². The molecule has 4 nitrogen and oxygen atoms in total. The third-order valence-electron chi connectivity index (χ3n) is 3.09. The van der Waals surface area contributed by atoms with Crippen LogP contribution in [-0.4, -0.2) is 21.0 Å². The summed E-state index contributed by atoms with van der Waals surface area (Å²) in [5.41, 5.74) is 2.38. The second-order valence-electron chi connectivity index (χ2n) is 4.50. The Bertz CT molecular complexity index is 416. The molecule has 1 heterocycles. The van der Waals surface area contributed by atoms with Gasteiger partial charge in [-0.2, -0.15) is 0 Å². The Morgan fingerprint density at radius 3 is 2.19 bits per heavy atom. The van der Waals surface area contributed by atoms with E-state index in [2.05, 4.69) is 9.97 Å². The first-order valence-corrected chi connectivity index (χ1v) is 5.58. The van der Waals surface area contributed by atoms with Crippen molar-refractivity contribution in [1.29, 1.82) is 0 Å². The molecule has 1 atom stereocenters. The lowest BCUT2D eigenvalue weighted by molar-refractivity contribution is -0.138. The second kappa shape index (κ2) is 3.85. The molecular formula is C12H16N2O2. The average Bonchev–Trinajstić information content (AvgIpc) is 2.98. The quantitative estimate of drug-likeness (QED) is 0.847. The number of nitrogens with zero attached hydrogens (tertiary/aromatic N) is 2. The fourth-order valence-corrected chi connectivity index (χ4v) is 2.03. The van der Waals surface area contributed by atoms with Gasteiger partial charge in [-0.3, -0.25) is 4.79 Å². The third kappa shape index (κ3) is 1.92. The van der Waals surface area contributed by atoms with Crippen molar-refractivity contribution in [3.8, 4) is 0 Å². The molecule has 1 N–H and O–H groups in total. The van der Waals surface area contributed by atoms with Crippen molar-refractivity contribution in [3.05, 3.63) is 22.8 Å². The van der Waals surface area contributed by atoms with E-state index in [-0.39, 0.29) is 0 Å². The van der Waals surface area contributed by atoms with Crippen LogP contribution in [0.15, 0.2) is 0 Å². The van der Waals surface area contributed by atoms with Gasteiger partial charge in [0.05, 0.1) is 5.92 Å². The van der Waals surface area contributed by atoms with Gasteiger partial charge in [0.1, 0.15) is 5.82 Å². The standard InChI is InChI=1S/C12H16N2O2/c1-6(12(15)16)10-7(2)13-11(9-4-5-9)14-8(10)3/h6,9H,4-5H2,1-3H3,(H,15,16). The predicted molar refractivity (Wildman–Crippen MR) is 59.5 cm³/mol. The van der Waals surface area contributed by atoms with Crippen molar-refractivity contribution in [2.45, 2.75) is 45.4 Å². The first-order valence-electron chi connectivity index (χ1n) is 5.58. The molecule has 0 amide bonds. The fourth-order valence-electron chi connectivity index (χ4n) is 2.03. The number of carbonyl (C=O) groups is 1. The van der Waals surface area contributed by atoms with Gasteiger partial charge in [-0.25, -0.2) is 9.97 Å². The molecule has 0 aliphatic heterocycles. The van der Waals surface area contributed by atoms with Gasteiger partial charge in [-0.15, -0.1) is 0 Å². The molecule has 0 bridgehead atoms. The lowest BCUT2D eigenvalue weighted by Gasteiger charge is -2.13. The van der Waals surface area contributed by atoms with Crippen molar-refractivity contribution in [2.75, 3.05) is 0 Å². The van der Waals surface area contributed by atoms with Crippen molar-refractivity contribution in [2.24, 2.45) is 0 Å². The summed E-state index contributed by atoms with van der Waals surface area (Å²) < 4.78 is 0. The van der Waals surface area contributed by atoms with Crippen LogP contribution in [0.2, 0.25) is 0 Å². The van der Waals surface area contributed by atoms with E-state index >= 15 is 0 Å². The van der Waals surface area contributed by atoms with Gasteiger partial charge in [-0.05, 0) is 33.6 Å². The van der Waals surface area contributed by atoms with Gasteiger partial charge < -0.3 is 5.11 Å². The topological polar surface area (TPSA) is 63.1 Å². The van der Waals surface area contributed by atoms with E-state index < -0.39 is 11.9 Å². The largest absolute Gasteiger partial charge is 0.481 e. The molecule has 1 aromatic rings. The summed E-state index contributed by atoms with van der Waals surface area (Å²) in [4.78, 5) is 19.8. The molecule has 1 aliphatic rings. The number of aliphatic carboxylic acids is 1. The Balaban J connectivity index is 2.42. The van der Waals surface area contributed by atoms with Crippen molar-refractivity contribution >= 4 is 5.97 Å². The summed E-state index contributed by atoms with van der Waals surface area (Å²) in [7, 11) is 0. The summed E-state index contributed by atoms with van der Waals surface area (Å²) in [6.07, 6.45) is 2.32. The normalized spacial score (nSPS) is 17.2. The molecule has 1 fully saturated rings. The lowest BCUT2D eigenvalue weighted by atomic mass is 9.98. The molecule has 0 spiro atoms. The number of hydrogen-bond acceptors (Lipinski definition) is 3. The summed E-state index contributed by atoms with van der Waals surface area (Å²) in [6.45, 7) is 5.42. The molecular weight excluding hydrogens is 204 g/mol. The van der Waals surface area contributed by atoms with E-state index in [1.807, 2.05) is 13.8 Å². The lowest BCUT2D eigenvalue weighted by Crippen LogP contribution is -2.14. The van der Waals surface area contributed by atoms with E-state index in [4.69, 9.17) is 5.11 Å². The average molecular weight is 220 g/mol. The number of aryl methyl sites for hydroxylation is 2. The van der Waals surface area contributed by atoms with Crippen LogP contribution >= 0.6 is 0 Å². The maximum Gasteiger partial charge on any atom is 0.310 e. The SMILES string of the molecule is Cc1nc(C2CC2)nc(C)c1C(C)C(=O)O. The molecule has 0 aromatic carbocycles. The molecule has 86 valence electrons. The number of hydrogen-bond donors (Lipinski definition) is 1. The minimum atomic E-state index is -0.825. The molecule has 1 aromatic heterocycles. The summed E-state index contributed by atoms with van der Waals surface area (Å²) in [5.74, 6) is 0.0325. The molecule has 1 unspecified atom stereocenters. The van der Waals surface area contributed by atoms with Crippen LogP contribution in [0.4, 0.5) is 0 Å². The first-order chi connectivity index (χ1) is 7.50. The van der Waals surface area contributed by atoms with Crippen LogP contribution in [-0.2, 0) is 4.79 Å². The Kier molecular flexibility index (Phi) is 2.66.